The molecule has 0 aliphatic heterocycles. The van der Waals surface area contributed by atoms with E-state index in [1.807, 2.05) is 0 Å². The van der Waals surface area contributed by atoms with Crippen LogP contribution in [-0.4, -0.2) is 7.05 Å². The molecule has 0 bridgehead atoms. The van der Waals surface area contributed by atoms with Gasteiger partial charge in [0.1, 0.15) is 0 Å². The van der Waals surface area contributed by atoms with Gasteiger partial charge < -0.3 is 0 Å². The molecule has 11 heavy (non-hydrogen) atoms. The van der Waals surface area contributed by atoms with E-state index in [0.717, 1.165) is 5.69 Å². The molecule has 0 amide bonds. The number of hydrogen-bond donors (Lipinski definition) is 1. The zero-order valence-corrected chi connectivity index (χ0v) is 6.84. The van der Waals surface area contributed by atoms with Crippen LogP contribution in [0.15, 0.2) is 29.5 Å². The number of nitrogens with zero attached hydrogens (tertiary/aromatic N) is 2. The number of nitrogens with one attached hydrogen (secondary N) is 1. The molecule has 0 saturated carbocycles. The van der Waals surface area contributed by atoms with Crippen molar-refractivity contribution < 1.29 is 0 Å². The fourth-order valence-corrected chi connectivity index (χ4v) is 0.841. The first kappa shape index (κ1) is 8.01. The maximum absolute atomic E-state index is 6.72. The van der Waals surface area contributed by atoms with Crippen molar-refractivity contribution in [1.29, 1.82) is 5.53 Å². The summed E-state index contributed by atoms with van der Waals surface area (Å²) < 4.78 is 0. The van der Waals surface area contributed by atoms with E-state index in [2.05, 4.69) is 5.22 Å². The van der Waals surface area contributed by atoms with Gasteiger partial charge in [-0.1, -0.05) is 16.8 Å². The Morgan fingerprint density at radius 3 is 2.36 bits per heavy atom. The van der Waals surface area contributed by atoms with Gasteiger partial charge in [0.05, 0.1) is 5.69 Å². The third-order valence-corrected chi connectivity index (χ3v) is 1.60. The van der Waals surface area contributed by atoms with Crippen LogP contribution in [0.4, 0.5) is 5.69 Å². The smallest absolute Gasteiger partial charge is 0.0608 e. The van der Waals surface area contributed by atoms with E-state index in [0.29, 0.717) is 5.02 Å². The lowest BCUT2D eigenvalue weighted by molar-refractivity contribution is 0.878. The average molecular weight is 170 g/mol. The first-order valence-electron chi connectivity index (χ1n) is 3.10. The molecule has 0 atom stereocenters. The molecule has 3 nitrogen and oxygen atoms in total. The minimum absolute atomic E-state index is 0.687. The van der Waals surface area contributed by atoms with Crippen LogP contribution in [0, 0.1) is 5.53 Å². The van der Waals surface area contributed by atoms with Gasteiger partial charge in [0.15, 0.2) is 0 Å². The first-order valence-corrected chi connectivity index (χ1v) is 3.48. The summed E-state index contributed by atoms with van der Waals surface area (Å²) in [7, 11) is 1.70. The lowest BCUT2D eigenvalue weighted by Gasteiger charge is -2.09. The van der Waals surface area contributed by atoms with Gasteiger partial charge in [-0.15, -0.1) is 0 Å². The molecular formula is C7H8ClN3. The zero-order chi connectivity index (χ0) is 8.27. The van der Waals surface area contributed by atoms with Crippen molar-refractivity contribution in [3.63, 3.8) is 0 Å². The maximum atomic E-state index is 6.72. The number of benzene rings is 1. The molecule has 1 rings (SSSR count). The monoisotopic (exact) mass is 169 g/mol. The first-order chi connectivity index (χ1) is 5.24. The normalized spacial score (nSPS) is 9.27. The average Bonchev–Trinajstić information content (AvgIpc) is 2.05. The van der Waals surface area contributed by atoms with Crippen molar-refractivity contribution in [2.75, 3.05) is 12.1 Å². The Balaban J connectivity index is 2.89. The molecule has 0 aliphatic carbocycles. The molecule has 0 saturated heterocycles. The Kier molecular flexibility index (Phi) is 2.44. The number of halogens is 1. The molecule has 0 aliphatic rings. The van der Waals surface area contributed by atoms with Crippen LogP contribution in [0.3, 0.4) is 0 Å². The maximum Gasteiger partial charge on any atom is 0.0608 e. The Hall–Kier alpha value is -1.09. The van der Waals surface area contributed by atoms with Gasteiger partial charge in [-0.05, 0) is 24.3 Å². The Bertz CT molecular complexity index is 244. The van der Waals surface area contributed by atoms with E-state index in [1.165, 1.54) is 5.01 Å². The van der Waals surface area contributed by atoms with Crippen LogP contribution in [0.1, 0.15) is 0 Å². The lowest BCUT2D eigenvalue weighted by atomic mass is 10.3. The van der Waals surface area contributed by atoms with Gasteiger partial charge in [0, 0.05) is 12.1 Å². The standard InChI is InChI=1S/C7H8ClN3/c1-11(10-9)7-4-2-6(8)3-5-7/h2-5,9H,1H3. The summed E-state index contributed by atoms with van der Waals surface area (Å²) in [6, 6.07) is 7.14. The third-order valence-electron chi connectivity index (χ3n) is 1.35. The van der Waals surface area contributed by atoms with Gasteiger partial charge in [-0.3, -0.25) is 5.01 Å². The molecule has 0 radical (unpaired) electrons. The summed E-state index contributed by atoms with van der Waals surface area (Å²) in [6.45, 7) is 0. The fourth-order valence-electron chi connectivity index (χ4n) is 0.715. The van der Waals surface area contributed by atoms with Gasteiger partial charge in [0.2, 0.25) is 0 Å². The Morgan fingerprint density at radius 2 is 1.91 bits per heavy atom. The highest BCUT2D eigenvalue weighted by Crippen LogP contribution is 2.16. The van der Waals surface area contributed by atoms with Gasteiger partial charge in [0.25, 0.3) is 0 Å². The SMILES string of the molecule is CN(N=N)c1ccc(Cl)cc1. The minimum atomic E-state index is 0.687. The van der Waals surface area contributed by atoms with Crippen molar-refractivity contribution in [2.45, 2.75) is 0 Å². The lowest BCUT2D eigenvalue weighted by Crippen LogP contribution is -2.05. The highest BCUT2D eigenvalue weighted by atomic mass is 35.5. The molecular weight excluding hydrogens is 162 g/mol. The predicted molar refractivity (Wildman–Crippen MR) is 45.0 cm³/mol. The molecule has 0 unspecified atom stereocenters. The van der Waals surface area contributed by atoms with E-state index < -0.39 is 0 Å². The van der Waals surface area contributed by atoms with Crippen molar-refractivity contribution in [3.05, 3.63) is 29.3 Å². The summed E-state index contributed by atoms with van der Waals surface area (Å²) >= 11 is 5.66. The minimum Gasteiger partial charge on any atom is -0.251 e. The van der Waals surface area contributed by atoms with Crippen molar-refractivity contribution in [2.24, 2.45) is 5.22 Å². The summed E-state index contributed by atoms with van der Waals surface area (Å²) in [4.78, 5) is 0. The molecule has 0 aromatic heterocycles. The van der Waals surface area contributed by atoms with E-state index in [9.17, 15) is 0 Å². The second kappa shape index (κ2) is 3.34. The van der Waals surface area contributed by atoms with Crippen LogP contribution >= 0.6 is 11.6 Å². The number of rotatable bonds is 2. The van der Waals surface area contributed by atoms with Crippen molar-refractivity contribution in [3.8, 4) is 0 Å². The molecule has 58 valence electrons. The topological polar surface area (TPSA) is 39.5 Å². The Morgan fingerprint density at radius 1 is 1.36 bits per heavy atom. The van der Waals surface area contributed by atoms with Crippen LogP contribution < -0.4 is 5.01 Å². The van der Waals surface area contributed by atoms with Crippen LogP contribution in [0.5, 0.6) is 0 Å². The number of hydrogen-bond acceptors (Lipinski definition) is 2. The quantitative estimate of drug-likeness (QED) is 0.537. The molecule has 1 aromatic carbocycles. The Labute approximate surface area is 70.1 Å². The summed E-state index contributed by atoms with van der Waals surface area (Å²) in [5, 5.41) is 5.37. The van der Waals surface area contributed by atoms with Crippen molar-refractivity contribution >= 4 is 17.3 Å². The van der Waals surface area contributed by atoms with Crippen LogP contribution in [0.2, 0.25) is 5.02 Å². The molecule has 1 aromatic rings. The molecule has 0 fully saturated rings. The third kappa shape index (κ3) is 1.91. The van der Waals surface area contributed by atoms with Gasteiger partial charge in [-0.25, -0.2) is 0 Å². The van der Waals surface area contributed by atoms with E-state index in [1.54, 1.807) is 31.3 Å². The summed E-state index contributed by atoms with van der Waals surface area (Å²) in [5.74, 6) is 0. The highest BCUT2D eigenvalue weighted by molar-refractivity contribution is 6.30. The molecule has 1 N–H and O–H groups in total. The predicted octanol–water partition coefficient (Wildman–Crippen LogP) is 2.72. The van der Waals surface area contributed by atoms with E-state index in [4.69, 9.17) is 17.1 Å². The zero-order valence-electron chi connectivity index (χ0n) is 6.08. The van der Waals surface area contributed by atoms with Crippen LogP contribution in [-0.2, 0) is 0 Å². The second-order valence-electron chi connectivity index (χ2n) is 2.10. The number of anilines is 1. The largest absolute Gasteiger partial charge is 0.251 e. The summed E-state index contributed by atoms with van der Waals surface area (Å²) in [5.41, 5.74) is 7.57. The second-order valence-corrected chi connectivity index (χ2v) is 2.54. The molecule has 4 heteroatoms. The molecule has 0 spiro atoms. The van der Waals surface area contributed by atoms with Gasteiger partial charge >= 0.3 is 0 Å². The fraction of sp³-hybridized carbons (Fsp3) is 0.143. The van der Waals surface area contributed by atoms with E-state index in [-0.39, 0.29) is 0 Å². The highest BCUT2D eigenvalue weighted by Gasteiger charge is 1.95. The molecule has 0 heterocycles. The van der Waals surface area contributed by atoms with Gasteiger partial charge in [-0.2, -0.15) is 5.53 Å². The summed E-state index contributed by atoms with van der Waals surface area (Å²) in [6.07, 6.45) is 0. The van der Waals surface area contributed by atoms with Crippen molar-refractivity contribution in [1.82, 2.24) is 0 Å². The van der Waals surface area contributed by atoms with Crippen LogP contribution in [0.25, 0.3) is 0 Å². The van der Waals surface area contributed by atoms with E-state index >= 15 is 0 Å².